The van der Waals surface area contributed by atoms with Gasteiger partial charge in [-0.15, -0.1) is 0 Å². The highest BCUT2D eigenvalue weighted by atomic mass is 16.2. The molecule has 178 valence electrons. The van der Waals surface area contributed by atoms with Gasteiger partial charge in [0.1, 0.15) is 12.1 Å². The van der Waals surface area contributed by atoms with Crippen molar-refractivity contribution in [3.05, 3.63) is 70.8 Å². The predicted molar refractivity (Wildman–Crippen MR) is 129 cm³/mol. The molecule has 0 saturated carbocycles. The van der Waals surface area contributed by atoms with Crippen molar-refractivity contribution in [2.75, 3.05) is 11.9 Å². The summed E-state index contributed by atoms with van der Waals surface area (Å²) in [7, 11) is 0. The first-order valence-electron chi connectivity index (χ1n) is 11.7. The number of likely N-dealkylation sites (tertiary alicyclic amines) is 1. The van der Waals surface area contributed by atoms with Crippen LogP contribution in [0.5, 0.6) is 0 Å². The number of carbonyl (C=O) groups is 2. The number of rotatable bonds is 5. The summed E-state index contributed by atoms with van der Waals surface area (Å²) >= 11 is 0. The predicted octanol–water partition coefficient (Wildman–Crippen LogP) is 2.84. The maximum Gasteiger partial charge on any atom is 0.260 e. The van der Waals surface area contributed by atoms with E-state index >= 15 is 0 Å². The van der Waals surface area contributed by atoms with E-state index in [4.69, 9.17) is 0 Å². The number of aromatic amines is 1. The summed E-state index contributed by atoms with van der Waals surface area (Å²) in [6.07, 6.45) is 3.87. The molecule has 3 aromatic rings. The molecule has 9 heteroatoms. The minimum atomic E-state index is -0.975. The van der Waals surface area contributed by atoms with Gasteiger partial charge in [0.15, 0.2) is 0 Å². The van der Waals surface area contributed by atoms with Gasteiger partial charge in [0.25, 0.3) is 5.56 Å². The minimum Gasteiger partial charge on any atom is -0.325 e. The van der Waals surface area contributed by atoms with Gasteiger partial charge in [-0.05, 0) is 42.2 Å². The zero-order valence-corrected chi connectivity index (χ0v) is 19.6. The first-order valence-corrected chi connectivity index (χ1v) is 11.7. The average Bonchev–Trinajstić information content (AvgIpc) is 3.57. The molecule has 2 aliphatic heterocycles. The molecule has 1 spiro atoms. The molecule has 2 N–H and O–H groups in total. The molecule has 2 amide bonds. The molecular weight excluding hydrogens is 444 g/mol. The van der Waals surface area contributed by atoms with E-state index < -0.39 is 17.5 Å². The molecule has 0 radical (unpaired) electrons. The second-order valence-electron chi connectivity index (χ2n) is 9.64. The van der Waals surface area contributed by atoms with Crippen molar-refractivity contribution in [3.63, 3.8) is 0 Å². The zero-order chi connectivity index (χ0) is 24.7. The summed E-state index contributed by atoms with van der Waals surface area (Å²) < 4.78 is 1.44. The van der Waals surface area contributed by atoms with E-state index in [1.165, 1.54) is 9.47 Å². The summed E-state index contributed by atoms with van der Waals surface area (Å²) in [5, 5.41) is 19.7. The summed E-state index contributed by atoms with van der Waals surface area (Å²) in [6.45, 7) is 4.06. The average molecular weight is 471 g/mol. The number of anilines is 1. The van der Waals surface area contributed by atoms with Crippen LogP contribution in [0, 0.1) is 17.2 Å². The van der Waals surface area contributed by atoms with Crippen molar-refractivity contribution in [3.8, 4) is 17.3 Å². The first kappa shape index (κ1) is 22.6. The number of benzene rings is 1. The molecule has 35 heavy (non-hydrogen) atoms. The zero-order valence-electron chi connectivity index (χ0n) is 19.6. The third kappa shape index (κ3) is 3.62. The Balaban J connectivity index is 1.55. The number of fused-ring (bicyclic) bond motifs is 2. The second-order valence-corrected chi connectivity index (χ2v) is 9.64. The molecule has 0 bridgehead atoms. The SMILES string of the molecule is CC(C)C[C@@H](C(=O)N1C[C@]2(C[C@H]1C#N)C(=O)Nc1ccccc12)n1cccc(-c2cc[nH]n2)c1=O. The van der Waals surface area contributed by atoms with E-state index in [1.807, 2.05) is 38.1 Å². The van der Waals surface area contributed by atoms with E-state index in [0.717, 1.165) is 5.56 Å². The lowest BCUT2D eigenvalue weighted by molar-refractivity contribution is -0.135. The van der Waals surface area contributed by atoms with Gasteiger partial charge in [0.2, 0.25) is 11.8 Å². The normalized spacial score (nSPS) is 21.7. The van der Waals surface area contributed by atoms with E-state index in [9.17, 15) is 19.6 Å². The van der Waals surface area contributed by atoms with Gasteiger partial charge in [0, 0.05) is 31.0 Å². The molecule has 5 rings (SSSR count). The van der Waals surface area contributed by atoms with Crippen molar-refractivity contribution >= 4 is 17.5 Å². The number of pyridine rings is 1. The maximum atomic E-state index is 14.0. The summed E-state index contributed by atoms with van der Waals surface area (Å²) in [4.78, 5) is 42.1. The van der Waals surface area contributed by atoms with E-state index in [0.29, 0.717) is 23.4 Å². The largest absolute Gasteiger partial charge is 0.325 e. The van der Waals surface area contributed by atoms with Gasteiger partial charge in [-0.1, -0.05) is 32.0 Å². The standard InChI is InChI=1S/C26H26N6O3/c1-16(2)12-22(31-11-5-6-18(23(31)33)20-9-10-28-30-20)24(34)32-15-26(13-17(32)14-27)19-7-3-4-8-21(19)29-25(26)35/h3-11,16-17,22H,12-13,15H2,1-2H3,(H,28,30)(H,29,35)/t17-,22-,26-/m0/s1. The number of nitrogens with zero attached hydrogens (tertiary/aromatic N) is 4. The van der Waals surface area contributed by atoms with Crippen LogP contribution in [0.15, 0.2) is 59.7 Å². The molecule has 0 aliphatic carbocycles. The van der Waals surface area contributed by atoms with Crippen LogP contribution in [0.25, 0.3) is 11.3 Å². The molecule has 2 aromatic heterocycles. The molecule has 2 aliphatic rings. The lowest BCUT2D eigenvalue weighted by Crippen LogP contribution is -2.45. The molecule has 0 unspecified atom stereocenters. The Labute approximate surface area is 202 Å². The van der Waals surface area contributed by atoms with E-state index in [2.05, 4.69) is 21.6 Å². The van der Waals surface area contributed by atoms with Crippen molar-refractivity contribution in [2.45, 2.75) is 44.2 Å². The number of hydrogen-bond donors (Lipinski definition) is 2. The molecule has 4 heterocycles. The van der Waals surface area contributed by atoms with E-state index in [1.54, 1.807) is 30.6 Å². The van der Waals surface area contributed by atoms with Crippen LogP contribution in [0.4, 0.5) is 5.69 Å². The highest BCUT2D eigenvalue weighted by Gasteiger charge is 2.56. The number of para-hydroxylation sites is 1. The molecule has 9 nitrogen and oxygen atoms in total. The second kappa shape index (κ2) is 8.55. The fourth-order valence-electron chi connectivity index (χ4n) is 5.32. The topological polar surface area (TPSA) is 124 Å². The Morgan fingerprint density at radius 2 is 2.03 bits per heavy atom. The van der Waals surface area contributed by atoms with Crippen LogP contribution in [0.3, 0.4) is 0 Å². The lowest BCUT2D eigenvalue weighted by Gasteiger charge is -2.29. The van der Waals surface area contributed by atoms with Crippen LogP contribution in [0.1, 0.15) is 38.3 Å². The van der Waals surface area contributed by atoms with Crippen LogP contribution < -0.4 is 10.9 Å². The van der Waals surface area contributed by atoms with Crippen LogP contribution in [0.2, 0.25) is 0 Å². The third-order valence-electron chi connectivity index (χ3n) is 6.98. The van der Waals surface area contributed by atoms with Crippen molar-refractivity contribution < 1.29 is 9.59 Å². The van der Waals surface area contributed by atoms with Crippen molar-refractivity contribution in [2.24, 2.45) is 5.92 Å². The first-order chi connectivity index (χ1) is 16.9. The Morgan fingerprint density at radius 3 is 2.74 bits per heavy atom. The summed E-state index contributed by atoms with van der Waals surface area (Å²) in [5.74, 6) is -0.426. The Kier molecular flexibility index (Phi) is 5.52. The van der Waals surface area contributed by atoms with Crippen molar-refractivity contribution in [1.29, 1.82) is 5.26 Å². The number of amides is 2. The van der Waals surface area contributed by atoms with Gasteiger partial charge in [0.05, 0.1) is 22.7 Å². The smallest absolute Gasteiger partial charge is 0.260 e. The fraction of sp³-hybridized carbons (Fsp3) is 0.346. The van der Waals surface area contributed by atoms with Gasteiger partial charge in [-0.3, -0.25) is 19.5 Å². The van der Waals surface area contributed by atoms with E-state index in [-0.39, 0.29) is 36.3 Å². The number of carbonyl (C=O) groups excluding carboxylic acids is 2. The lowest BCUT2D eigenvalue weighted by atomic mass is 9.80. The van der Waals surface area contributed by atoms with Crippen LogP contribution in [-0.2, 0) is 15.0 Å². The molecule has 3 atom stereocenters. The number of nitrogens with one attached hydrogen (secondary N) is 2. The molecular formula is C26H26N6O3. The van der Waals surface area contributed by atoms with Gasteiger partial charge in [-0.25, -0.2) is 0 Å². The molecule has 1 aromatic carbocycles. The highest BCUT2D eigenvalue weighted by Crippen LogP contribution is 2.46. The molecule has 1 fully saturated rings. The highest BCUT2D eigenvalue weighted by molar-refractivity contribution is 6.07. The Morgan fingerprint density at radius 1 is 1.23 bits per heavy atom. The number of hydrogen-bond acceptors (Lipinski definition) is 5. The van der Waals surface area contributed by atoms with Crippen LogP contribution >= 0.6 is 0 Å². The number of H-pyrrole nitrogens is 1. The fourth-order valence-corrected chi connectivity index (χ4v) is 5.32. The number of nitriles is 1. The van der Waals surface area contributed by atoms with Crippen LogP contribution in [-0.4, -0.2) is 44.1 Å². The summed E-state index contributed by atoms with van der Waals surface area (Å²) in [5.41, 5.74) is 1.09. The van der Waals surface area contributed by atoms with Gasteiger partial charge in [-0.2, -0.15) is 10.4 Å². The Hall–Kier alpha value is -4.19. The quantitative estimate of drug-likeness (QED) is 0.593. The van der Waals surface area contributed by atoms with Gasteiger partial charge >= 0.3 is 0 Å². The summed E-state index contributed by atoms with van der Waals surface area (Å²) in [6, 6.07) is 13.1. The Bertz CT molecular complexity index is 1390. The van der Waals surface area contributed by atoms with Gasteiger partial charge < -0.3 is 14.8 Å². The maximum absolute atomic E-state index is 14.0. The van der Waals surface area contributed by atoms with Crippen molar-refractivity contribution in [1.82, 2.24) is 19.7 Å². The monoisotopic (exact) mass is 470 g/mol. The minimum absolute atomic E-state index is 0.0926. The third-order valence-corrected chi connectivity index (χ3v) is 6.98. The molecule has 1 saturated heterocycles. The number of aromatic nitrogens is 3.